The maximum Gasteiger partial charge on any atom is 0.132 e. The number of rotatable bonds is 2. The minimum atomic E-state index is 0.825. The van der Waals surface area contributed by atoms with Crippen molar-refractivity contribution in [3.05, 3.63) is 30.6 Å². The van der Waals surface area contributed by atoms with E-state index in [1.54, 1.807) is 13.2 Å². The van der Waals surface area contributed by atoms with Crippen LogP contribution >= 0.6 is 0 Å². The van der Waals surface area contributed by atoms with Gasteiger partial charge in [0.05, 0.1) is 18.1 Å². The van der Waals surface area contributed by atoms with Crippen LogP contribution in [0, 0.1) is 0 Å². The van der Waals surface area contributed by atoms with Crippen LogP contribution in [0.3, 0.4) is 0 Å². The van der Waals surface area contributed by atoms with Crippen molar-refractivity contribution in [3.63, 3.8) is 0 Å². The Morgan fingerprint density at radius 2 is 2.29 bits per heavy atom. The molecule has 0 aliphatic carbocycles. The molecule has 0 atom stereocenters. The molecule has 0 N–H and O–H groups in total. The highest BCUT2D eigenvalue weighted by molar-refractivity contribution is 5.79. The molecule has 3 heteroatoms. The lowest BCUT2D eigenvalue weighted by atomic mass is 10.3. The van der Waals surface area contributed by atoms with Crippen molar-refractivity contribution in [2.45, 2.75) is 0 Å². The van der Waals surface area contributed by atoms with Gasteiger partial charge in [-0.05, 0) is 18.2 Å². The molecule has 0 aliphatic rings. The summed E-state index contributed by atoms with van der Waals surface area (Å²) in [5, 5.41) is 0. The fourth-order valence-electron chi connectivity index (χ4n) is 1.51. The van der Waals surface area contributed by atoms with Gasteiger partial charge in [0.15, 0.2) is 0 Å². The van der Waals surface area contributed by atoms with E-state index in [0.29, 0.717) is 0 Å². The Balaban J connectivity index is 2.72. The second-order valence-electron chi connectivity index (χ2n) is 3.09. The number of hydrogen-bond acceptors (Lipinski definition) is 2. The predicted octanol–water partition coefficient (Wildman–Crippen LogP) is 2.22. The second kappa shape index (κ2) is 3.18. The van der Waals surface area contributed by atoms with Gasteiger partial charge >= 0.3 is 0 Å². The number of fused-ring (bicyclic) bond motifs is 1. The molecule has 1 aromatic carbocycles. The number of imidazole rings is 1. The van der Waals surface area contributed by atoms with E-state index in [2.05, 4.69) is 11.6 Å². The molecule has 72 valence electrons. The fourth-order valence-corrected chi connectivity index (χ4v) is 1.51. The van der Waals surface area contributed by atoms with E-state index in [1.165, 1.54) is 0 Å². The van der Waals surface area contributed by atoms with Crippen LogP contribution in [0.1, 0.15) is 5.82 Å². The molecule has 0 saturated heterocycles. The molecule has 0 bridgehead atoms. The van der Waals surface area contributed by atoms with Crippen LogP contribution in [-0.4, -0.2) is 16.7 Å². The zero-order valence-corrected chi connectivity index (χ0v) is 8.32. The summed E-state index contributed by atoms with van der Waals surface area (Å²) in [5.74, 6) is 1.69. The van der Waals surface area contributed by atoms with Gasteiger partial charge in [-0.15, -0.1) is 0 Å². The van der Waals surface area contributed by atoms with E-state index in [-0.39, 0.29) is 0 Å². The standard InChI is InChI=1S/C11H12N2O/c1-4-11-12-9-7-8(14-3)5-6-10(9)13(11)2/h4-7H,1H2,2-3H3. The van der Waals surface area contributed by atoms with Gasteiger partial charge < -0.3 is 9.30 Å². The molecule has 3 nitrogen and oxygen atoms in total. The molecular weight excluding hydrogens is 176 g/mol. The lowest BCUT2D eigenvalue weighted by Gasteiger charge is -1.99. The molecule has 14 heavy (non-hydrogen) atoms. The molecule has 2 aromatic rings. The quantitative estimate of drug-likeness (QED) is 0.722. The van der Waals surface area contributed by atoms with Gasteiger partial charge in [-0.2, -0.15) is 0 Å². The number of methoxy groups -OCH3 is 1. The van der Waals surface area contributed by atoms with Gasteiger partial charge in [0.25, 0.3) is 0 Å². The monoisotopic (exact) mass is 188 g/mol. The summed E-state index contributed by atoms with van der Waals surface area (Å²) < 4.78 is 7.13. The molecule has 0 fully saturated rings. The Bertz CT molecular complexity index is 485. The normalized spacial score (nSPS) is 10.4. The molecule has 0 radical (unpaired) electrons. The zero-order valence-electron chi connectivity index (χ0n) is 8.32. The van der Waals surface area contributed by atoms with E-state index in [1.807, 2.05) is 29.8 Å². The molecule has 0 amide bonds. The van der Waals surface area contributed by atoms with Gasteiger partial charge in [-0.25, -0.2) is 4.98 Å². The third-order valence-corrected chi connectivity index (χ3v) is 2.31. The van der Waals surface area contributed by atoms with E-state index < -0.39 is 0 Å². The lowest BCUT2D eigenvalue weighted by molar-refractivity contribution is 0.415. The predicted molar refractivity (Wildman–Crippen MR) is 57.4 cm³/mol. The largest absolute Gasteiger partial charge is 0.497 e. The van der Waals surface area contributed by atoms with Crippen LogP contribution in [0.4, 0.5) is 0 Å². The fraction of sp³-hybridized carbons (Fsp3) is 0.182. The lowest BCUT2D eigenvalue weighted by Crippen LogP contribution is -1.90. The van der Waals surface area contributed by atoms with Crippen molar-refractivity contribution in [1.82, 2.24) is 9.55 Å². The Kier molecular flexibility index (Phi) is 2.00. The highest BCUT2D eigenvalue weighted by Gasteiger charge is 2.05. The van der Waals surface area contributed by atoms with Gasteiger partial charge in [0.1, 0.15) is 11.6 Å². The van der Waals surface area contributed by atoms with Crippen LogP contribution in [0.2, 0.25) is 0 Å². The van der Waals surface area contributed by atoms with Crippen LogP contribution < -0.4 is 4.74 Å². The van der Waals surface area contributed by atoms with E-state index >= 15 is 0 Å². The summed E-state index contributed by atoms with van der Waals surface area (Å²) in [6, 6.07) is 5.84. The van der Waals surface area contributed by atoms with Crippen molar-refractivity contribution in [2.24, 2.45) is 7.05 Å². The van der Waals surface area contributed by atoms with E-state index in [0.717, 1.165) is 22.6 Å². The molecule has 0 saturated carbocycles. The molecule has 2 rings (SSSR count). The first kappa shape index (κ1) is 8.81. The topological polar surface area (TPSA) is 27.1 Å². The molecule has 0 aliphatic heterocycles. The smallest absolute Gasteiger partial charge is 0.132 e. The molecule has 1 aromatic heterocycles. The number of aromatic nitrogens is 2. The van der Waals surface area contributed by atoms with Crippen LogP contribution in [0.25, 0.3) is 17.1 Å². The summed E-state index contributed by atoms with van der Waals surface area (Å²) in [6.07, 6.45) is 1.74. The Hall–Kier alpha value is -1.77. The highest BCUT2D eigenvalue weighted by atomic mass is 16.5. The summed E-state index contributed by atoms with van der Waals surface area (Å²) in [4.78, 5) is 4.40. The van der Waals surface area contributed by atoms with Gasteiger partial charge in [-0.3, -0.25) is 0 Å². The molecular formula is C11H12N2O. The zero-order chi connectivity index (χ0) is 10.1. The average molecular weight is 188 g/mol. The average Bonchev–Trinajstić information content (AvgIpc) is 2.55. The number of aryl methyl sites for hydroxylation is 1. The van der Waals surface area contributed by atoms with Crippen molar-refractivity contribution < 1.29 is 4.74 Å². The first-order chi connectivity index (χ1) is 6.76. The Labute approximate surface area is 82.6 Å². The van der Waals surface area contributed by atoms with Crippen LogP contribution in [-0.2, 0) is 7.05 Å². The number of nitrogens with zero attached hydrogens (tertiary/aromatic N) is 2. The highest BCUT2D eigenvalue weighted by Crippen LogP contribution is 2.20. The molecule has 1 heterocycles. The summed E-state index contributed by atoms with van der Waals surface area (Å²) in [7, 11) is 3.62. The molecule has 0 unspecified atom stereocenters. The Morgan fingerprint density at radius 3 is 2.93 bits per heavy atom. The minimum Gasteiger partial charge on any atom is -0.497 e. The first-order valence-electron chi connectivity index (χ1n) is 4.39. The summed E-state index contributed by atoms with van der Waals surface area (Å²) >= 11 is 0. The van der Waals surface area contributed by atoms with Gasteiger partial charge in [0.2, 0.25) is 0 Å². The number of hydrogen-bond donors (Lipinski definition) is 0. The third-order valence-electron chi connectivity index (χ3n) is 2.31. The van der Waals surface area contributed by atoms with Crippen molar-refractivity contribution in [3.8, 4) is 5.75 Å². The molecule has 0 spiro atoms. The first-order valence-corrected chi connectivity index (χ1v) is 4.39. The maximum absolute atomic E-state index is 5.13. The van der Waals surface area contributed by atoms with Crippen molar-refractivity contribution >= 4 is 17.1 Å². The Morgan fingerprint density at radius 1 is 1.50 bits per heavy atom. The van der Waals surface area contributed by atoms with Gasteiger partial charge in [0, 0.05) is 13.1 Å². The SMILES string of the molecule is C=Cc1nc2cc(OC)ccc2n1C. The summed E-state index contributed by atoms with van der Waals surface area (Å²) in [6.45, 7) is 3.72. The van der Waals surface area contributed by atoms with Crippen molar-refractivity contribution in [2.75, 3.05) is 7.11 Å². The van der Waals surface area contributed by atoms with Gasteiger partial charge in [-0.1, -0.05) is 6.58 Å². The summed E-state index contributed by atoms with van der Waals surface area (Å²) in [5.41, 5.74) is 2.02. The van der Waals surface area contributed by atoms with Crippen LogP contribution in [0.15, 0.2) is 24.8 Å². The minimum absolute atomic E-state index is 0.825. The number of benzene rings is 1. The second-order valence-corrected chi connectivity index (χ2v) is 3.09. The van der Waals surface area contributed by atoms with E-state index in [4.69, 9.17) is 4.74 Å². The van der Waals surface area contributed by atoms with E-state index in [9.17, 15) is 0 Å². The third kappa shape index (κ3) is 1.18. The van der Waals surface area contributed by atoms with Crippen LogP contribution in [0.5, 0.6) is 5.75 Å². The van der Waals surface area contributed by atoms with Crippen molar-refractivity contribution in [1.29, 1.82) is 0 Å². The number of ether oxygens (including phenoxy) is 1. The maximum atomic E-state index is 5.13.